The molecule has 94 valence electrons. The number of aryl methyl sites for hydroxylation is 1. The van der Waals surface area contributed by atoms with Gasteiger partial charge in [-0.2, -0.15) is 0 Å². The van der Waals surface area contributed by atoms with Crippen LogP contribution in [0.4, 0.5) is 0 Å². The summed E-state index contributed by atoms with van der Waals surface area (Å²) in [5.74, 6) is 0.194. The van der Waals surface area contributed by atoms with Gasteiger partial charge in [0.05, 0.1) is 12.1 Å². The fraction of sp³-hybridized carbons (Fsp3) is 0.231. The van der Waals surface area contributed by atoms with Gasteiger partial charge in [-0.25, -0.2) is 4.98 Å². The Balaban J connectivity index is 1.96. The monoisotopic (exact) mass is 247 g/mol. The van der Waals surface area contributed by atoms with E-state index in [4.69, 9.17) is 14.3 Å². The summed E-state index contributed by atoms with van der Waals surface area (Å²) in [5.41, 5.74) is 1.42. The van der Waals surface area contributed by atoms with Crippen LogP contribution < -0.4 is 4.74 Å². The van der Waals surface area contributed by atoms with Gasteiger partial charge in [0.2, 0.25) is 5.89 Å². The minimum atomic E-state index is -0.935. The maximum absolute atomic E-state index is 10.5. The molecule has 0 amide bonds. The van der Waals surface area contributed by atoms with Crippen LogP contribution in [0.2, 0.25) is 0 Å². The molecule has 0 bridgehead atoms. The molecular formula is C13H13NO4. The fourth-order valence-corrected chi connectivity index (χ4v) is 1.51. The average Bonchev–Trinajstić information content (AvgIpc) is 2.75. The largest absolute Gasteiger partial charge is 0.484 e. The molecule has 0 saturated carbocycles. The first-order valence-corrected chi connectivity index (χ1v) is 5.48. The highest BCUT2D eigenvalue weighted by Crippen LogP contribution is 2.17. The van der Waals surface area contributed by atoms with E-state index in [0.29, 0.717) is 11.6 Å². The van der Waals surface area contributed by atoms with Crippen molar-refractivity contribution in [2.24, 2.45) is 0 Å². The summed E-state index contributed by atoms with van der Waals surface area (Å²) in [4.78, 5) is 14.5. The maximum atomic E-state index is 10.5. The van der Waals surface area contributed by atoms with Crippen molar-refractivity contribution in [1.29, 1.82) is 0 Å². The van der Waals surface area contributed by atoms with Crippen LogP contribution in [0.3, 0.4) is 0 Å². The first-order valence-electron chi connectivity index (χ1n) is 5.48. The number of benzene rings is 1. The molecule has 0 aliphatic carbocycles. The Morgan fingerprint density at radius 2 is 2.22 bits per heavy atom. The molecule has 0 saturated heterocycles. The van der Waals surface area contributed by atoms with E-state index in [2.05, 4.69) is 4.98 Å². The molecule has 1 aromatic heterocycles. The van der Waals surface area contributed by atoms with Crippen molar-refractivity contribution in [3.05, 3.63) is 47.7 Å². The molecule has 0 atom stereocenters. The molecule has 0 aliphatic heterocycles. The normalized spacial score (nSPS) is 10.3. The second kappa shape index (κ2) is 5.35. The smallest absolute Gasteiger partial charge is 0.309 e. The minimum absolute atomic E-state index is 0.145. The van der Waals surface area contributed by atoms with E-state index in [1.54, 1.807) is 0 Å². The van der Waals surface area contributed by atoms with Crippen LogP contribution in [-0.4, -0.2) is 16.1 Å². The molecule has 0 unspecified atom stereocenters. The van der Waals surface area contributed by atoms with Gasteiger partial charge in [0, 0.05) is 0 Å². The summed E-state index contributed by atoms with van der Waals surface area (Å²) in [5, 5.41) is 8.61. The Morgan fingerprint density at radius 3 is 2.94 bits per heavy atom. The predicted molar refractivity (Wildman–Crippen MR) is 63.4 cm³/mol. The fourth-order valence-electron chi connectivity index (χ4n) is 1.51. The molecule has 0 aliphatic rings. The highest BCUT2D eigenvalue weighted by atomic mass is 16.5. The van der Waals surface area contributed by atoms with Gasteiger partial charge in [0.25, 0.3) is 0 Å². The summed E-state index contributed by atoms with van der Waals surface area (Å²) in [7, 11) is 0. The Hall–Kier alpha value is -2.30. The minimum Gasteiger partial charge on any atom is -0.484 e. The standard InChI is InChI=1S/C13H13NO4/c1-9-4-2-3-5-11(9)17-8-12-14-10(7-18-12)6-13(15)16/h2-5,7H,6,8H2,1H3,(H,15,16). The Labute approximate surface area is 104 Å². The van der Waals surface area contributed by atoms with Gasteiger partial charge in [0.1, 0.15) is 12.0 Å². The van der Waals surface area contributed by atoms with E-state index in [1.165, 1.54) is 6.26 Å². The Bertz CT molecular complexity index is 547. The SMILES string of the molecule is Cc1ccccc1OCc1nc(CC(=O)O)co1. The first-order chi connectivity index (χ1) is 8.65. The number of oxazole rings is 1. The number of carboxylic acids is 1. The lowest BCUT2D eigenvalue weighted by Gasteiger charge is -2.05. The average molecular weight is 247 g/mol. The van der Waals surface area contributed by atoms with Crippen LogP contribution in [0.15, 0.2) is 34.9 Å². The first kappa shape index (κ1) is 12.2. The molecule has 2 aromatic rings. The van der Waals surface area contributed by atoms with E-state index < -0.39 is 5.97 Å². The van der Waals surface area contributed by atoms with E-state index in [0.717, 1.165) is 11.3 Å². The lowest BCUT2D eigenvalue weighted by molar-refractivity contribution is -0.136. The van der Waals surface area contributed by atoms with Crippen molar-refractivity contribution in [2.75, 3.05) is 0 Å². The van der Waals surface area contributed by atoms with E-state index >= 15 is 0 Å². The number of carbonyl (C=O) groups is 1. The van der Waals surface area contributed by atoms with E-state index in [-0.39, 0.29) is 13.0 Å². The third kappa shape index (κ3) is 3.10. The lowest BCUT2D eigenvalue weighted by atomic mass is 10.2. The van der Waals surface area contributed by atoms with Crippen molar-refractivity contribution in [3.8, 4) is 5.75 Å². The molecule has 5 nitrogen and oxygen atoms in total. The lowest BCUT2D eigenvalue weighted by Crippen LogP contribution is -2.01. The van der Waals surface area contributed by atoms with Crippen LogP contribution in [0.1, 0.15) is 17.1 Å². The molecule has 5 heteroatoms. The van der Waals surface area contributed by atoms with Gasteiger partial charge in [-0.3, -0.25) is 4.79 Å². The second-order valence-corrected chi connectivity index (χ2v) is 3.86. The van der Waals surface area contributed by atoms with Crippen LogP contribution in [0, 0.1) is 6.92 Å². The van der Waals surface area contributed by atoms with Gasteiger partial charge in [0.15, 0.2) is 6.61 Å². The van der Waals surface area contributed by atoms with E-state index in [9.17, 15) is 4.79 Å². The number of hydrogen-bond acceptors (Lipinski definition) is 4. The second-order valence-electron chi connectivity index (χ2n) is 3.86. The number of nitrogens with zero attached hydrogens (tertiary/aromatic N) is 1. The van der Waals surface area contributed by atoms with Crippen molar-refractivity contribution < 1.29 is 19.1 Å². The topological polar surface area (TPSA) is 72.6 Å². The molecule has 2 rings (SSSR count). The predicted octanol–water partition coefficient (Wildman–Crippen LogP) is 2.19. The van der Waals surface area contributed by atoms with Gasteiger partial charge in [-0.15, -0.1) is 0 Å². The molecule has 1 heterocycles. The van der Waals surface area contributed by atoms with E-state index in [1.807, 2.05) is 31.2 Å². The number of aromatic nitrogens is 1. The third-order valence-corrected chi connectivity index (χ3v) is 2.38. The molecule has 1 N–H and O–H groups in total. The van der Waals surface area contributed by atoms with Crippen LogP contribution in [0.25, 0.3) is 0 Å². The molecule has 18 heavy (non-hydrogen) atoms. The molecular weight excluding hydrogens is 234 g/mol. The number of para-hydroxylation sites is 1. The zero-order valence-corrected chi connectivity index (χ0v) is 9.92. The Kier molecular flexibility index (Phi) is 3.62. The van der Waals surface area contributed by atoms with Crippen molar-refractivity contribution in [3.63, 3.8) is 0 Å². The maximum Gasteiger partial charge on any atom is 0.309 e. The highest BCUT2D eigenvalue weighted by Gasteiger charge is 2.08. The number of ether oxygens (including phenoxy) is 1. The van der Waals surface area contributed by atoms with Crippen LogP contribution in [-0.2, 0) is 17.8 Å². The van der Waals surface area contributed by atoms with Crippen molar-refractivity contribution in [1.82, 2.24) is 4.98 Å². The summed E-state index contributed by atoms with van der Waals surface area (Å²) in [6.45, 7) is 2.13. The van der Waals surface area contributed by atoms with Gasteiger partial charge in [-0.05, 0) is 18.6 Å². The highest BCUT2D eigenvalue weighted by molar-refractivity contribution is 5.69. The molecule has 0 fully saturated rings. The van der Waals surface area contributed by atoms with Crippen molar-refractivity contribution in [2.45, 2.75) is 20.0 Å². The van der Waals surface area contributed by atoms with Crippen LogP contribution >= 0.6 is 0 Å². The third-order valence-electron chi connectivity index (χ3n) is 2.38. The summed E-state index contributed by atoms with van der Waals surface area (Å²) in [6, 6.07) is 7.61. The number of carboxylic acid groups (broad SMARTS) is 1. The zero-order chi connectivity index (χ0) is 13.0. The van der Waals surface area contributed by atoms with Gasteiger partial charge >= 0.3 is 5.97 Å². The van der Waals surface area contributed by atoms with Crippen LogP contribution in [0.5, 0.6) is 5.75 Å². The summed E-state index contributed by atoms with van der Waals surface area (Å²) in [6.07, 6.45) is 1.19. The molecule has 0 spiro atoms. The quantitative estimate of drug-likeness (QED) is 0.876. The van der Waals surface area contributed by atoms with Gasteiger partial charge in [-0.1, -0.05) is 18.2 Å². The summed E-state index contributed by atoms with van der Waals surface area (Å²) < 4.78 is 10.7. The summed E-state index contributed by atoms with van der Waals surface area (Å²) >= 11 is 0. The van der Waals surface area contributed by atoms with Gasteiger partial charge < -0.3 is 14.3 Å². The Morgan fingerprint density at radius 1 is 1.44 bits per heavy atom. The zero-order valence-electron chi connectivity index (χ0n) is 9.92. The molecule has 1 aromatic carbocycles. The number of aliphatic carboxylic acids is 1. The number of hydrogen-bond donors (Lipinski definition) is 1. The van der Waals surface area contributed by atoms with Crippen molar-refractivity contribution >= 4 is 5.97 Å². The molecule has 0 radical (unpaired) electrons. The number of rotatable bonds is 5.